The molecule has 178 valence electrons. The number of hydrogen-bond donors (Lipinski definition) is 4. The number of anilines is 2. The number of phenolic OH excluding ortho intramolecular Hbond substituents is 1. The molecular weight excluding hydrogens is 466 g/mol. The summed E-state index contributed by atoms with van der Waals surface area (Å²) < 4.78 is 55.0. The third-order valence-corrected chi connectivity index (χ3v) is 8.59. The van der Waals surface area contributed by atoms with Crippen molar-refractivity contribution in [2.45, 2.75) is 38.5 Å². The van der Waals surface area contributed by atoms with Crippen molar-refractivity contribution in [3.8, 4) is 5.75 Å². The molecule has 1 heterocycles. The van der Waals surface area contributed by atoms with Crippen molar-refractivity contribution in [1.82, 2.24) is 4.72 Å². The van der Waals surface area contributed by atoms with Gasteiger partial charge in [0, 0.05) is 0 Å². The van der Waals surface area contributed by atoms with E-state index in [4.69, 9.17) is 0 Å². The average molecular weight is 494 g/mol. The summed E-state index contributed by atoms with van der Waals surface area (Å²) in [6.07, 6.45) is 6.45. The van der Waals surface area contributed by atoms with Crippen LogP contribution >= 0.6 is 0 Å². The number of para-hydroxylation sites is 1. The lowest BCUT2D eigenvalue weighted by Gasteiger charge is -2.22. The Hall–Kier alpha value is -2.92. The Labute approximate surface area is 194 Å². The highest BCUT2D eigenvalue weighted by Gasteiger charge is 2.30. The fraction of sp³-hybridized carbons (Fsp3) is 0.364. The van der Waals surface area contributed by atoms with E-state index in [1.807, 2.05) is 4.72 Å². The number of phenols is 1. The van der Waals surface area contributed by atoms with Crippen molar-refractivity contribution in [3.05, 3.63) is 65.7 Å². The molecule has 33 heavy (non-hydrogen) atoms. The molecule has 0 spiro atoms. The van der Waals surface area contributed by atoms with E-state index in [2.05, 4.69) is 4.72 Å². The fourth-order valence-corrected chi connectivity index (χ4v) is 6.96. The number of aromatic hydroxyl groups is 1. The van der Waals surface area contributed by atoms with Crippen molar-refractivity contribution >= 4 is 31.6 Å². The van der Waals surface area contributed by atoms with Gasteiger partial charge in [-0.25, -0.2) is 17.4 Å². The predicted octanol–water partition coefficient (Wildman–Crippen LogP) is 3.32. The second-order valence-electron chi connectivity index (χ2n) is 8.46. The molecular formula is C22H27N3O6S2. The summed E-state index contributed by atoms with van der Waals surface area (Å²) in [5.74, 6) is -0.556. The maximum atomic E-state index is 12.8. The maximum absolute atomic E-state index is 12.8. The number of aliphatic hydroxyl groups is 1. The Morgan fingerprint density at radius 2 is 1.79 bits per heavy atom. The normalized spacial score (nSPS) is 18.5. The lowest BCUT2D eigenvalue weighted by atomic mass is 9.91. The Balaban J connectivity index is 1.51. The first-order valence-corrected chi connectivity index (χ1v) is 13.9. The molecule has 1 saturated carbocycles. The van der Waals surface area contributed by atoms with E-state index < -0.39 is 26.1 Å². The average Bonchev–Trinajstić information content (AvgIpc) is 3.01. The van der Waals surface area contributed by atoms with Crippen molar-refractivity contribution in [3.63, 3.8) is 0 Å². The molecule has 4 N–H and O–H groups in total. The lowest BCUT2D eigenvalue weighted by molar-refractivity contribution is 0.385. The van der Waals surface area contributed by atoms with Crippen molar-refractivity contribution < 1.29 is 27.0 Å². The van der Waals surface area contributed by atoms with Gasteiger partial charge < -0.3 is 10.2 Å². The molecule has 1 aliphatic heterocycles. The van der Waals surface area contributed by atoms with Crippen LogP contribution in [0.2, 0.25) is 0 Å². The van der Waals surface area contributed by atoms with Gasteiger partial charge in [-0.15, -0.1) is 0 Å². The van der Waals surface area contributed by atoms with Gasteiger partial charge in [0.2, 0.25) is 15.9 Å². The highest BCUT2D eigenvalue weighted by molar-refractivity contribution is 7.92. The number of nitrogens with zero attached hydrogens (tertiary/aromatic N) is 1. The molecule has 11 heteroatoms. The molecule has 1 fully saturated rings. The molecule has 2 aromatic rings. The molecule has 0 unspecified atom stereocenters. The maximum Gasteiger partial charge on any atom is 0.330 e. The third kappa shape index (κ3) is 5.53. The summed E-state index contributed by atoms with van der Waals surface area (Å²) in [6, 6.07) is 11.6. The Morgan fingerprint density at radius 3 is 2.45 bits per heavy atom. The van der Waals surface area contributed by atoms with E-state index in [0.717, 1.165) is 48.2 Å². The van der Waals surface area contributed by atoms with E-state index in [9.17, 15) is 27.0 Å². The first-order valence-electron chi connectivity index (χ1n) is 10.8. The van der Waals surface area contributed by atoms with Gasteiger partial charge in [0.15, 0.2) is 0 Å². The van der Waals surface area contributed by atoms with Crippen LogP contribution in [-0.4, -0.2) is 32.8 Å². The summed E-state index contributed by atoms with van der Waals surface area (Å²) in [5, 5.41) is 19.9. The van der Waals surface area contributed by atoms with Crippen LogP contribution in [-0.2, 0) is 26.7 Å². The van der Waals surface area contributed by atoms with E-state index in [0.29, 0.717) is 17.7 Å². The zero-order valence-electron chi connectivity index (χ0n) is 17.9. The smallest absolute Gasteiger partial charge is 0.330 e. The number of nitrogens with one attached hydrogen (secondary N) is 2. The lowest BCUT2D eigenvalue weighted by Crippen LogP contribution is -2.29. The van der Waals surface area contributed by atoms with Crippen molar-refractivity contribution in [1.29, 1.82) is 0 Å². The number of hydrogen-bond acceptors (Lipinski definition) is 6. The standard InChI is InChI=1S/C22H27N3O6S2/c26-21-13-17(10-11-20(21)25-14-22(27)24-33(25,30)31)12-18-8-4-5-9-19(18)23-32(28,29)15-16-6-2-1-3-7-16/h4-5,8-11,13-14,16,23-24,26-27H,1-3,6-7,12,15H2. The first-order chi connectivity index (χ1) is 15.6. The van der Waals surface area contributed by atoms with Gasteiger partial charge in [-0.3, -0.25) is 4.72 Å². The molecule has 2 aromatic carbocycles. The fourth-order valence-electron chi connectivity index (χ4n) is 4.32. The minimum atomic E-state index is -4.02. The summed E-state index contributed by atoms with van der Waals surface area (Å²) in [5.41, 5.74) is 1.85. The monoisotopic (exact) mass is 493 g/mol. The summed E-state index contributed by atoms with van der Waals surface area (Å²) in [4.78, 5) is 0. The van der Waals surface area contributed by atoms with Crippen LogP contribution in [0, 0.1) is 5.92 Å². The van der Waals surface area contributed by atoms with Crippen LogP contribution in [0.5, 0.6) is 5.75 Å². The first kappa shape index (κ1) is 23.2. The van der Waals surface area contributed by atoms with Gasteiger partial charge in [-0.1, -0.05) is 43.5 Å². The molecule has 1 aliphatic carbocycles. The van der Waals surface area contributed by atoms with Crippen LogP contribution in [0.3, 0.4) is 0 Å². The quantitative estimate of drug-likeness (QED) is 0.467. The van der Waals surface area contributed by atoms with E-state index in [1.165, 1.54) is 12.1 Å². The second kappa shape index (κ2) is 9.14. The zero-order valence-corrected chi connectivity index (χ0v) is 19.6. The van der Waals surface area contributed by atoms with Gasteiger partial charge in [-0.2, -0.15) is 8.42 Å². The van der Waals surface area contributed by atoms with E-state index >= 15 is 0 Å². The topological polar surface area (TPSA) is 136 Å². The highest BCUT2D eigenvalue weighted by Crippen LogP contribution is 2.34. The molecule has 4 rings (SSSR count). The zero-order chi connectivity index (χ0) is 23.6. The summed E-state index contributed by atoms with van der Waals surface area (Å²) in [7, 11) is -7.52. The molecule has 0 radical (unpaired) electrons. The molecule has 0 atom stereocenters. The van der Waals surface area contributed by atoms with Gasteiger partial charge in [-0.05, 0) is 54.5 Å². The third-order valence-electron chi connectivity index (χ3n) is 5.87. The molecule has 0 bridgehead atoms. The summed E-state index contributed by atoms with van der Waals surface area (Å²) >= 11 is 0. The minimum Gasteiger partial charge on any atom is -0.506 e. The second-order valence-corrected chi connectivity index (χ2v) is 11.8. The van der Waals surface area contributed by atoms with Gasteiger partial charge >= 0.3 is 10.2 Å². The largest absolute Gasteiger partial charge is 0.506 e. The molecule has 0 aromatic heterocycles. The van der Waals surface area contributed by atoms with Crippen LogP contribution in [0.1, 0.15) is 43.2 Å². The SMILES string of the molecule is O=S(=O)(CC1CCCCC1)Nc1ccccc1Cc1ccc(N2C=C(O)NS2(=O)=O)c(O)c1. The Bertz CT molecular complexity index is 1270. The van der Waals surface area contributed by atoms with Crippen LogP contribution in [0.15, 0.2) is 54.5 Å². The van der Waals surface area contributed by atoms with Crippen LogP contribution in [0.25, 0.3) is 0 Å². The Morgan fingerprint density at radius 1 is 1.06 bits per heavy atom. The molecule has 9 nitrogen and oxygen atoms in total. The highest BCUT2D eigenvalue weighted by atomic mass is 32.2. The molecule has 0 saturated heterocycles. The predicted molar refractivity (Wildman–Crippen MR) is 127 cm³/mol. The number of rotatable bonds is 7. The van der Waals surface area contributed by atoms with Crippen molar-refractivity contribution in [2.75, 3.05) is 14.8 Å². The van der Waals surface area contributed by atoms with Gasteiger partial charge in [0.25, 0.3) is 0 Å². The van der Waals surface area contributed by atoms with Crippen molar-refractivity contribution in [2.24, 2.45) is 5.92 Å². The number of benzene rings is 2. The van der Waals surface area contributed by atoms with E-state index in [-0.39, 0.29) is 23.1 Å². The van der Waals surface area contributed by atoms with Gasteiger partial charge in [0.1, 0.15) is 11.4 Å². The minimum absolute atomic E-state index is 0.0169. The molecule has 0 amide bonds. The number of sulfonamides is 1. The molecule has 2 aliphatic rings. The Kier molecular flexibility index (Phi) is 6.44. The van der Waals surface area contributed by atoms with Crippen LogP contribution in [0.4, 0.5) is 11.4 Å². The van der Waals surface area contributed by atoms with Gasteiger partial charge in [0.05, 0.1) is 17.6 Å². The number of aliphatic hydroxyl groups excluding tert-OH is 1. The van der Waals surface area contributed by atoms with Crippen LogP contribution < -0.4 is 13.7 Å². The summed E-state index contributed by atoms with van der Waals surface area (Å²) in [6.45, 7) is 0. The van der Waals surface area contributed by atoms with E-state index in [1.54, 1.807) is 30.3 Å².